The molecular weight excluding hydrogens is 420 g/mol. The zero-order valence-electron chi connectivity index (χ0n) is 20.0. The van der Waals surface area contributed by atoms with Crippen molar-refractivity contribution >= 4 is 23.0 Å². The van der Waals surface area contributed by atoms with Crippen LogP contribution in [0.2, 0.25) is 0 Å². The van der Waals surface area contributed by atoms with Crippen LogP contribution in [0.3, 0.4) is 0 Å². The zero-order chi connectivity index (χ0) is 24.0. The maximum atomic E-state index is 11.4. The molecule has 3 rings (SSSR count). The molecule has 0 aliphatic heterocycles. The second kappa shape index (κ2) is 10.8. The first kappa shape index (κ1) is 24.8. The number of ether oxygens (including phenoxy) is 1. The Balaban J connectivity index is 1.97. The summed E-state index contributed by atoms with van der Waals surface area (Å²) in [5, 5.41) is 23.3. The van der Waals surface area contributed by atoms with Crippen molar-refractivity contribution in [3.05, 3.63) is 36.2 Å². The summed E-state index contributed by atoms with van der Waals surface area (Å²) >= 11 is 0. The lowest BCUT2D eigenvalue weighted by Crippen LogP contribution is -2.40. The minimum absolute atomic E-state index is 0.0803. The molecule has 180 valence electrons. The van der Waals surface area contributed by atoms with E-state index in [2.05, 4.69) is 20.2 Å². The van der Waals surface area contributed by atoms with E-state index in [-0.39, 0.29) is 12.3 Å². The first-order valence-electron chi connectivity index (χ1n) is 11.7. The summed E-state index contributed by atoms with van der Waals surface area (Å²) in [6, 6.07) is 6.39. The topological polar surface area (TPSA) is 108 Å². The first-order chi connectivity index (χ1) is 15.7. The highest BCUT2D eigenvalue weighted by Crippen LogP contribution is 2.38. The van der Waals surface area contributed by atoms with E-state index in [4.69, 9.17) is 4.74 Å². The van der Waals surface area contributed by atoms with Crippen LogP contribution in [-0.2, 0) is 4.79 Å². The molecule has 1 heterocycles. The van der Waals surface area contributed by atoms with E-state index < -0.39 is 11.6 Å². The number of hydrogen-bond donors (Lipinski definition) is 3. The standard InChI is InChI=1S/C25H36N4O4/c1-5-18(12-23(30)31)19-9-10-22(29(15-17-7-8-17)16-25(3,4)32)21(11-19)28-20-13-26-24(27-14-20)33-6-2/h9-11,13-14,17-18,28,32H,5-8,12,15-16H2,1-4H3,(H,30,31)/t18-/m1/s1. The SMILES string of the molecule is CCOc1ncc(Nc2cc([C@H](CC)CC(=O)O)ccc2N(CC2CC2)CC(C)(C)O)cn1. The Labute approximate surface area is 196 Å². The highest BCUT2D eigenvalue weighted by molar-refractivity contribution is 5.76. The van der Waals surface area contributed by atoms with Gasteiger partial charge >= 0.3 is 12.0 Å². The Morgan fingerprint density at radius 2 is 1.97 bits per heavy atom. The number of nitrogens with zero attached hydrogens (tertiary/aromatic N) is 3. The third kappa shape index (κ3) is 7.60. The molecule has 1 saturated carbocycles. The van der Waals surface area contributed by atoms with Crippen molar-refractivity contribution < 1.29 is 19.7 Å². The number of anilines is 3. The number of hydrogen-bond acceptors (Lipinski definition) is 7. The number of nitrogens with one attached hydrogen (secondary N) is 1. The van der Waals surface area contributed by atoms with Crippen molar-refractivity contribution in [1.29, 1.82) is 0 Å². The number of carboxylic acid groups (broad SMARTS) is 1. The molecule has 1 fully saturated rings. The minimum atomic E-state index is -0.859. The second-order valence-corrected chi connectivity index (χ2v) is 9.43. The van der Waals surface area contributed by atoms with E-state index in [1.54, 1.807) is 12.4 Å². The maximum absolute atomic E-state index is 11.4. The van der Waals surface area contributed by atoms with Crippen molar-refractivity contribution in [1.82, 2.24) is 9.97 Å². The van der Waals surface area contributed by atoms with Crippen molar-refractivity contribution in [2.45, 2.75) is 64.9 Å². The largest absolute Gasteiger partial charge is 0.481 e. The van der Waals surface area contributed by atoms with Crippen molar-refractivity contribution in [2.24, 2.45) is 5.92 Å². The van der Waals surface area contributed by atoms with Crippen LogP contribution in [0, 0.1) is 5.92 Å². The van der Waals surface area contributed by atoms with Gasteiger partial charge in [-0.05, 0) is 69.6 Å². The zero-order valence-corrected chi connectivity index (χ0v) is 20.0. The van der Waals surface area contributed by atoms with Gasteiger partial charge in [0.15, 0.2) is 0 Å². The van der Waals surface area contributed by atoms with Gasteiger partial charge in [-0.3, -0.25) is 4.79 Å². The van der Waals surface area contributed by atoms with Gasteiger partial charge in [-0.2, -0.15) is 0 Å². The quantitative estimate of drug-likeness (QED) is 0.402. The molecule has 0 radical (unpaired) electrons. The number of aromatic nitrogens is 2. The number of carboxylic acids is 1. The number of benzene rings is 1. The Hall–Kier alpha value is -2.87. The average molecular weight is 457 g/mol. The minimum Gasteiger partial charge on any atom is -0.481 e. The summed E-state index contributed by atoms with van der Waals surface area (Å²) in [6.07, 6.45) is 6.55. The molecule has 0 bridgehead atoms. The van der Waals surface area contributed by atoms with Crippen molar-refractivity contribution in [3.8, 4) is 6.01 Å². The van der Waals surface area contributed by atoms with Crippen molar-refractivity contribution in [2.75, 3.05) is 29.9 Å². The van der Waals surface area contributed by atoms with Crippen LogP contribution in [0.5, 0.6) is 6.01 Å². The highest BCUT2D eigenvalue weighted by Gasteiger charge is 2.29. The van der Waals surface area contributed by atoms with E-state index >= 15 is 0 Å². The highest BCUT2D eigenvalue weighted by atomic mass is 16.5. The number of carbonyl (C=O) groups is 1. The molecule has 1 aromatic carbocycles. The average Bonchev–Trinajstić information content (AvgIpc) is 3.56. The molecule has 2 aromatic rings. The second-order valence-electron chi connectivity index (χ2n) is 9.43. The predicted molar refractivity (Wildman–Crippen MR) is 129 cm³/mol. The summed E-state index contributed by atoms with van der Waals surface area (Å²) in [5.41, 5.74) is 2.62. The molecule has 0 saturated heterocycles. The molecule has 0 amide bonds. The Bertz CT molecular complexity index is 923. The summed E-state index contributed by atoms with van der Waals surface area (Å²) in [4.78, 5) is 22.1. The van der Waals surface area contributed by atoms with Gasteiger partial charge in [-0.15, -0.1) is 0 Å². The molecule has 1 aliphatic carbocycles. The Morgan fingerprint density at radius 3 is 2.52 bits per heavy atom. The molecule has 1 aromatic heterocycles. The van der Waals surface area contributed by atoms with Gasteiger partial charge in [-0.25, -0.2) is 9.97 Å². The lowest BCUT2D eigenvalue weighted by atomic mass is 9.92. The molecule has 1 atom stereocenters. The lowest BCUT2D eigenvalue weighted by Gasteiger charge is -2.33. The van der Waals surface area contributed by atoms with Gasteiger partial charge in [0.1, 0.15) is 0 Å². The number of aliphatic hydroxyl groups is 1. The van der Waals surface area contributed by atoms with E-state index in [0.29, 0.717) is 30.8 Å². The number of rotatable bonds is 13. The van der Waals surface area contributed by atoms with Crippen LogP contribution >= 0.6 is 0 Å². The van der Waals surface area contributed by atoms with Crippen LogP contribution in [0.4, 0.5) is 17.1 Å². The van der Waals surface area contributed by atoms with E-state index in [1.165, 1.54) is 12.8 Å². The van der Waals surface area contributed by atoms with Crippen LogP contribution in [-0.4, -0.2) is 51.4 Å². The third-order valence-corrected chi connectivity index (χ3v) is 5.68. The van der Waals surface area contributed by atoms with E-state index in [1.807, 2.05) is 45.9 Å². The molecule has 33 heavy (non-hydrogen) atoms. The molecule has 3 N–H and O–H groups in total. The molecule has 1 aliphatic rings. The lowest BCUT2D eigenvalue weighted by molar-refractivity contribution is -0.137. The van der Waals surface area contributed by atoms with Crippen LogP contribution in [0.15, 0.2) is 30.6 Å². The third-order valence-electron chi connectivity index (χ3n) is 5.68. The van der Waals surface area contributed by atoms with Gasteiger partial charge in [0.2, 0.25) is 0 Å². The fourth-order valence-electron chi connectivity index (χ4n) is 3.96. The molecule has 0 unspecified atom stereocenters. The molecule has 8 heteroatoms. The Kier molecular flexibility index (Phi) is 8.13. The number of aliphatic carboxylic acids is 1. The molecule has 0 spiro atoms. The molecule has 8 nitrogen and oxygen atoms in total. The van der Waals surface area contributed by atoms with E-state index in [9.17, 15) is 15.0 Å². The molecular formula is C25H36N4O4. The van der Waals surface area contributed by atoms with Gasteiger partial charge in [-0.1, -0.05) is 13.0 Å². The normalized spacial score (nSPS) is 14.6. The predicted octanol–water partition coefficient (Wildman–Crippen LogP) is 4.57. The first-order valence-corrected chi connectivity index (χ1v) is 11.7. The fraction of sp³-hybridized carbons (Fsp3) is 0.560. The fourth-order valence-corrected chi connectivity index (χ4v) is 3.96. The van der Waals surface area contributed by atoms with Gasteiger partial charge < -0.3 is 25.2 Å². The summed E-state index contributed by atoms with van der Waals surface area (Å²) < 4.78 is 5.34. The van der Waals surface area contributed by atoms with Gasteiger partial charge in [0, 0.05) is 13.1 Å². The van der Waals surface area contributed by atoms with Crippen LogP contribution in [0.1, 0.15) is 64.9 Å². The van der Waals surface area contributed by atoms with Gasteiger partial charge in [0.25, 0.3) is 0 Å². The van der Waals surface area contributed by atoms with Crippen LogP contribution in [0.25, 0.3) is 0 Å². The van der Waals surface area contributed by atoms with Gasteiger partial charge in [0.05, 0.1) is 48.1 Å². The Morgan fingerprint density at radius 1 is 1.27 bits per heavy atom. The monoisotopic (exact) mass is 456 g/mol. The van der Waals surface area contributed by atoms with E-state index in [0.717, 1.165) is 29.9 Å². The van der Waals surface area contributed by atoms with Crippen LogP contribution < -0.4 is 15.0 Å². The smallest absolute Gasteiger partial charge is 0.316 e. The van der Waals surface area contributed by atoms with Crippen molar-refractivity contribution in [3.63, 3.8) is 0 Å². The summed E-state index contributed by atoms with van der Waals surface area (Å²) in [7, 11) is 0. The summed E-state index contributed by atoms with van der Waals surface area (Å²) in [5.74, 6) is -0.262. The maximum Gasteiger partial charge on any atom is 0.316 e. The summed E-state index contributed by atoms with van der Waals surface area (Å²) in [6.45, 7) is 9.36.